The van der Waals surface area contributed by atoms with Crippen molar-refractivity contribution in [3.8, 4) is 11.5 Å². The zero-order valence-electron chi connectivity index (χ0n) is 11.3. The Bertz CT molecular complexity index is 540. The topological polar surface area (TPSA) is 85.0 Å². The molecule has 1 fully saturated rings. The van der Waals surface area contributed by atoms with Gasteiger partial charge in [-0.15, -0.1) is 0 Å². The van der Waals surface area contributed by atoms with E-state index in [0.717, 1.165) is 12.8 Å². The highest BCUT2D eigenvalue weighted by atomic mass is 16.7. The van der Waals surface area contributed by atoms with Gasteiger partial charge in [0, 0.05) is 25.3 Å². The van der Waals surface area contributed by atoms with E-state index in [0.29, 0.717) is 35.2 Å². The number of carbonyl (C=O) groups is 1. The van der Waals surface area contributed by atoms with Crippen molar-refractivity contribution in [1.82, 2.24) is 4.90 Å². The summed E-state index contributed by atoms with van der Waals surface area (Å²) >= 11 is 0. The first-order valence-electron chi connectivity index (χ1n) is 6.67. The summed E-state index contributed by atoms with van der Waals surface area (Å²) in [5.41, 5.74) is 6.72. The maximum Gasteiger partial charge on any atom is 0.255 e. The predicted molar refractivity (Wildman–Crippen MR) is 72.7 cm³/mol. The molecule has 0 aromatic heterocycles. The van der Waals surface area contributed by atoms with Gasteiger partial charge in [0.1, 0.15) is 0 Å². The minimum absolute atomic E-state index is 0.137. The van der Waals surface area contributed by atoms with E-state index in [-0.39, 0.29) is 18.8 Å². The molecule has 0 saturated heterocycles. The summed E-state index contributed by atoms with van der Waals surface area (Å²) in [6, 6.07) is 3.25. The van der Waals surface area contributed by atoms with E-state index < -0.39 is 0 Å². The van der Waals surface area contributed by atoms with Gasteiger partial charge in [0.15, 0.2) is 11.5 Å². The molecule has 3 N–H and O–H groups in total. The summed E-state index contributed by atoms with van der Waals surface area (Å²) in [4.78, 5) is 14.1. The van der Waals surface area contributed by atoms with Crippen LogP contribution in [-0.4, -0.2) is 42.4 Å². The second-order valence-electron chi connectivity index (χ2n) is 5.47. The zero-order valence-corrected chi connectivity index (χ0v) is 11.3. The number of nitrogen functional groups attached to an aromatic ring is 1. The van der Waals surface area contributed by atoms with E-state index in [1.165, 1.54) is 0 Å². The van der Waals surface area contributed by atoms with Crippen LogP contribution in [0.4, 0.5) is 5.69 Å². The fraction of sp³-hybridized carbons (Fsp3) is 0.500. The van der Waals surface area contributed by atoms with E-state index in [1.807, 2.05) is 0 Å². The Morgan fingerprint density at radius 1 is 1.40 bits per heavy atom. The van der Waals surface area contributed by atoms with Crippen molar-refractivity contribution in [1.29, 1.82) is 0 Å². The first kappa shape index (κ1) is 13.1. The Morgan fingerprint density at radius 2 is 2.05 bits per heavy atom. The molecule has 20 heavy (non-hydrogen) atoms. The molecular weight excluding hydrogens is 260 g/mol. The average molecular weight is 278 g/mol. The van der Waals surface area contributed by atoms with Gasteiger partial charge in [0.25, 0.3) is 5.91 Å². The molecule has 0 spiro atoms. The fourth-order valence-electron chi connectivity index (χ4n) is 2.67. The van der Waals surface area contributed by atoms with E-state index in [9.17, 15) is 9.90 Å². The smallest absolute Gasteiger partial charge is 0.255 e. The quantitative estimate of drug-likeness (QED) is 0.800. The Hall–Kier alpha value is -1.95. The Balaban J connectivity index is 1.73. The second-order valence-corrected chi connectivity index (χ2v) is 5.47. The average Bonchev–Trinajstić information content (AvgIpc) is 2.82. The number of aliphatic hydroxyl groups is 1. The molecule has 0 bridgehead atoms. The van der Waals surface area contributed by atoms with Crippen LogP contribution >= 0.6 is 0 Å². The molecule has 1 saturated carbocycles. The number of amides is 1. The van der Waals surface area contributed by atoms with Gasteiger partial charge in [-0.1, -0.05) is 0 Å². The molecule has 0 atom stereocenters. The number of nitrogens with zero attached hydrogens (tertiary/aromatic N) is 1. The molecule has 0 radical (unpaired) electrons. The third-order valence-electron chi connectivity index (χ3n) is 3.86. The Kier molecular flexibility index (Phi) is 3.17. The first-order valence-corrected chi connectivity index (χ1v) is 6.67. The number of nitrogens with two attached hydrogens (primary N) is 1. The van der Waals surface area contributed by atoms with Gasteiger partial charge in [-0.05, 0) is 24.8 Å². The SMILES string of the molecule is CN(CC1CC(O)C1)C(=O)c1cc2c(cc1N)OCO2. The van der Waals surface area contributed by atoms with Crippen molar-refractivity contribution >= 4 is 11.6 Å². The molecular formula is C14H18N2O4. The van der Waals surface area contributed by atoms with Gasteiger partial charge in [0.05, 0.1) is 11.7 Å². The zero-order chi connectivity index (χ0) is 14.3. The standard InChI is InChI=1S/C14H18N2O4/c1-16(6-8-2-9(17)3-8)14(18)10-4-12-13(5-11(10)15)20-7-19-12/h4-5,8-9,17H,2-3,6-7,15H2,1H3. The maximum absolute atomic E-state index is 12.4. The number of ether oxygens (including phenoxy) is 2. The fourth-order valence-corrected chi connectivity index (χ4v) is 2.67. The van der Waals surface area contributed by atoms with Crippen LogP contribution in [0.25, 0.3) is 0 Å². The highest BCUT2D eigenvalue weighted by molar-refractivity contribution is 6.00. The van der Waals surface area contributed by atoms with Gasteiger partial charge < -0.3 is 25.2 Å². The van der Waals surface area contributed by atoms with Crippen LogP contribution in [0.2, 0.25) is 0 Å². The molecule has 3 rings (SSSR count). The molecule has 1 amide bonds. The lowest BCUT2D eigenvalue weighted by Crippen LogP contribution is -2.39. The third-order valence-corrected chi connectivity index (χ3v) is 3.86. The lowest BCUT2D eigenvalue weighted by molar-refractivity contribution is 0.0265. The molecule has 1 aromatic rings. The number of hydrogen-bond donors (Lipinski definition) is 2. The van der Waals surface area contributed by atoms with Gasteiger partial charge in [-0.2, -0.15) is 0 Å². The van der Waals surface area contributed by atoms with Crippen molar-refractivity contribution < 1.29 is 19.4 Å². The minimum atomic E-state index is -0.209. The number of carbonyl (C=O) groups excluding carboxylic acids is 1. The van der Waals surface area contributed by atoms with Gasteiger partial charge in [0.2, 0.25) is 6.79 Å². The number of aliphatic hydroxyl groups excluding tert-OH is 1. The van der Waals surface area contributed by atoms with Gasteiger partial charge in [-0.3, -0.25) is 4.79 Å². The number of hydrogen-bond acceptors (Lipinski definition) is 5. The molecule has 108 valence electrons. The number of anilines is 1. The summed E-state index contributed by atoms with van der Waals surface area (Å²) in [6.07, 6.45) is 1.31. The van der Waals surface area contributed by atoms with Crippen molar-refractivity contribution in [2.24, 2.45) is 5.92 Å². The van der Waals surface area contributed by atoms with Gasteiger partial charge in [-0.25, -0.2) is 0 Å². The van der Waals surface area contributed by atoms with Crippen LogP contribution in [0.3, 0.4) is 0 Å². The number of benzene rings is 1. The third kappa shape index (κ3) is 2.27. The van der Waals surface area contributed by atoms with Crippen molar-refractivity contribution in [2.45, 2.75) is 18.9 Å². The molecule has 1 aliphatic carbocycles. The van der Waals surface area contributed by atoms with Crippen molar-refractivity contribution in [3.63, 3.8) is 0 Å². The van der Waals surface area contributed by atoms with E-state index in [2.05, 4.69) is 0 Å². The monoisotopic (exact) mass is 278 g/mol. The summed E-state index contributed by atoms with van der Waals surface area (Å²) in [5, 5.41) is 9.28. The van der Waals surface area contributed by atoms with Crippen LogP contribution in [0.15, 0.2) is 12.1 Å². The molecule has 6 heteroatoms. The van der Waals surface area contributed by atoms with E-state index in [1.54, 1.807) is 24.1 Å². The lowest BCUT2D eigenvalue weighted by Gasteiger charge is -2.34. The van der Waals surface area contributed by atoms with Crippen LogP contribution in [0.1, 0.15) is 23.2 Å². The van der Waals surface area contributed by atoms with Crippen LogP contribution < -0.4 is 15.2 Å². The number of rotatable bonds is 3. The minimum Gasteiger partial charge on any atom is -0.454 e. The summed E-state index contributed by atoms with van der Waals surface area (Å²) in [6.45, 7) is 0.784. The maximum atomic E-state index is 12.4. The van der Waals surface area contributed by atoms with Gasteiger partial charge >= 0.3 is 0 Å². The molecule has 6 nitrogen and oxygen atoms in total. The van der Waals surface area contributed by atoms with E-state index in [4.69, 9.17) is 15.2 Å². The summed E-state index contributed by atoms with van der Waals surface area (Å²) in [5.74, 6) is 1.36. The number of fused-ring (bicyclic) bond motifs is 1. The van der Waals surface area contributed by atoms with Crippen molar-refractivity contribution in [3.05, 3.63) is 17.7 Å². The Morgan fingerprint density at radius 3 is 2.70 bits per heavy atom. The van der Waals surface area contributed by atoms with Crippen LogP contribution in [0, 0.1) is 5.92 Å². The first-order chi connectivity index (χ1) is 9.54. The molecule has 1 aliphatic heterocycles. The highest BCUT2D eigenvalue weighted by Crippen LogP contribution is 2.36. The lowest BCUT2D eigenvalue weighted by atomic mass is 9.82. The van der Waals surface area contributed by atoms with Crippen LogP contribution in [0.5, 0.6) is 11.5 Å². The Labute approximate surface area is 117 Å². The van der Waals surface area contributed by atoms with Crippen LogP contribution in [-0.2, 0) is 0 Å². The molecule has 2 aliphatic rings. The molecule has 1 heterocycles. The predicted octanol–water partition coefficient (Wildman–Crippen LogP) is 0.840. The second kappa shape index (κ2) is 4.86. The summed E-state index contributed by atoms with van der Waals surface area (Å²) in [7, 11) is 1.75. The largest absolute Gasteiger partial charge is 0.454 e. The van der Waals surface area contributed by atoms with E-state index >= 15 is 0 Å². The molecule has 1 aromatic carbocycles. The molecule has 0 unspecified atom stereocenters. The normalized spacial score (nSPS) is 23.3. The van der Waals surface area contributed by atoms with Crippen molar-refractivity contribution in [2.75, 3.05) is 26.1 Å². The summed E-state index contributed by atoms with van der Waals surface area (Å²) < 4.78 is 10.5. The highest BCUT2D eigenvalue weighted by Gasteiger charge is 2.30.